The monoisotopic (exact) mass is 433 g/mol. The molecule has 1 aromatic heterocycles. The summed E-state index contributed by atoms with van der Waals surface area (Å²) < 4.78 is 30.0. The smallest absolute Gasteiger partial charge is 0.324 e. The van der Waals surface area contributed by atoms with Gasteiger partial charge in [-0.1, -0.05) is 11.2 Å². The van der Waals surface area contributed by atoms with Crippen LogP contribution in [0.5, 0.6) is 5.75 Å². The van der Waals surface area contributed by atoms with E-state index >= 15 is 0 Å². The maximum absolute atomic E-state index is 13.9. The number of aliphatic carboxylic acids is 1. The largest absolute Gasteiger partial charge is 0.493 e. The lowest BCUT2D eigenvalue weighted by atomic mass is 9.90. The van der Waals surface area contributed by atoms with E-state index in [0.717, 1.165) is 38.3 Å². The highest BCUT2D eigenvalue weighted by Gasteiger charge is 2.43. The number of carboxylic acid groups (broad SMARTS) is 1. The SMILES string of the molecule is COCc1noc(N2CCC(C3C[C@H]3CCOc3ccc(CC(=O)O)c(F)c3)CC2)n1. The molecule has 2 atom stereocenters. The molecule has 0 amide bonds. The predicted molar refractivity (Wildman–Crippen MR) is 109 cm³/mol. The molecule has 1 unspecified atom stereocenters. The van der Waals surface area contributed by atoms with Crippen LogP contribution >= 0.6 is 0 Å². The number of halogens is 1. The van der Waals surface area contributed by atoms with Crippen molar-refractivity contribution in [2.24, 2.45) is 17.8 Å². The second-order valence-corrected chi connectivity index (χ2v) is 8.37. The van der Waals surface area contributed by atoms with E-state index in [-0.39, 0.29) is 12.0 Å². The van der Waals surface area contributed by atoms with Gasteiger partial charge in [0.2, 0.25) is 0 Å². The van der Waals surface area contributed by atoms with Gasteiger partial charge in [0.25, 0.3) is 0 Å². The van der Waals surface area contributed by atoms with E-state index in [2.05, 4.69) is 15.0 Å². The Hall–Kier alpha value is -2.68. The average molecular weight is 433 g/mol. The summed E-state index contributed by atoms with van der Waals surface area (Å²) in [6, 6.07) is 4.96. The molecule has 2 heterocycles. The zero-order valence-corrected chi connectivity index (χ0v) is 17.6. The molecule has 1 N–H and O–H groups in total. The van der Waals surface area contributed by atoms with Crippen molar-refractivity contribution in [3.05, 3.63) is 35.4 Å². The summed E-state index contributed by atoms with van der Waals surface area (Å²) in [6.07, 6.45) is 4.07. The number of nitrogens with zero attached hydrogens (tertiary/aromatic N) is 3. The molecule has 2 aliphatic rings. The highest BCUT2D eigenvalue weighted by molar-refractivity contribution is 5.70. The number of carboxylic acids is 1. The van der Waals surface area contributed by atoms with Crippen LogP contribution in [0.1, 0.15) is 37.1 Å². The molecule has 2 aromatic rings. The standard InChI is InChI=1S/C22H28FN3O5/c1-29-13-20-24-22(31-25-20)26-7-4-14(5-8-26)18-10-15(18)6-9-30-17-3-2-16(11-21(27)28)19(23)12-17/h2-3,12,14-15,18H,4-11,13H2,1H3,(H,27,28)/t15-,18?/m1/s1. The van der Waals surface area contributed by atoms with Crippen LogP contribution < -0.4 is 9.64 Å². The Morgan fingerprint density at radius 1 is 1.35 bits per heavy atom. The third-order valence-corrected chi connectivity index (χ3v) is 6.25. The first-order chi connectivity index (χ1) is 15.0. The van der Waals surface area contributed by atoms with Gasteiger partial charge in [0.15, 0.2) is 5.82 Å². The molecular weight excluding hydrogens is 405 g/mol. The highest BCUT2D eigenvalue weighted by Crippen LogP contribution is 2.49. The molecule has 1 aromatic carbocycles. The minimum atomic E-state index is -1.05. The van der Waals surface area contributed by atoms with Crippen LogP contribution in [0.15, 0.2) is 22.7 Å². The van der Waals surface area contributed by atoms with Gasteiger partial charge in [0.05, 0.1) is 13.0 Å². The Bertz CT molecular complexity index is 897. The zero-order valence-electron chi connectivity index (χ0n) is 17.6. The Kier molecular flexibility index (Phi) is 6.70. The van der Waals surface area contributed by atoms with Crippen molar-refractivity contribution in [2.45, 2.75) is 38.7 Å². The van der Waals surface area contributed by atoms with Crippen LogP contribution in [-0.2, 0) is 22.6 Å². The molecule has 1 aliphatic heterocycles. The average Bonchev–Trinajstić information content (AvgIpc) is 3.37. The van der Waals surface area contributed by atoms with Crippen LogP contribution in [-0.4, -0.2) is 48.0 Å². The number of benzene rings is 1. The molecule has 0 bridgehead atoms. The molecule has 168 valence electrons. The maximum Gasteiger partial charge on any atom is 0.324 e. The van der Waals surface area contributed by atoms with Crippen molar-refractivity contribution in [3.63, 3.8) is 0 Å². The van der Waals surface area contributed by atoms with E-state index in [0.29, 0.717) is 42.6 Å². The van der Waals surface area contributed by atoms with Gasteiger partial charge in [-0.05, 0) is 55.1 Å². The molecule has 4 rings (SSSR count). The number of anilines is 1. The predicted octanol–water partition coefficient (Wildman–Crippen LogP) is 3.30. The fraction of sp³-hybridized carbons (Fsp3) is 0.591. The zero-order chi connectivity index (χ0) is 21.8. The van der Waals surface area contributed by atoms with Crippen LogP contribution in [0.4, 0.5) is 10.4 Å². The Balaban J connectivity index is 1.17. The molecule has 9 heteroatoms. The van der Waals surface area contributed by atoms with Crippen LogP contribution in [0.25, 0.3) is 0 Å². The topological polar surface area (TPSA) is 97.9 Å². The van der Waals surface area contributed by atoms with Crippen molar-refractivity contribution < 1.29 is 28.3 Å². The summed E-state index contributed by atoms with van der Waals surface area (Å²) in [5.41, 5.74) is 0.170. The van der Waals surface area contributed by atoms with E-state index < -0.39 is 11.8 Å². The molecule has 1 aliphatic carbocycles. The highest BCUT2D eigenvalue weighted by atomic mass is 19.1. The third-order valence-electron chi connectivity index (χ3n) is 6.25. The first-order valence-corrected chi connectivity index (χ1v) is 10.7. The second kappa shape index (κ2) is 9.64. The molecule has 0 spiro atoms. The molecule has 0 radical (unpaired) electrons. The van der Waals surface area contributed by atoms with E-state index in [4.69, 9.17) is 19.1 Å². The first kappa shape index (κ1) is 21.5. The third kappa shape index (κ3) is 5.52. The van der Waals surface area contributed by atoms with Crippen LogP contribution in [0, 0.1) is 23.6 Å². The van der Waals surface area contributed by atoms with Crippen molar-refractivity contribution in [1.82, 2.24) is 10.1 Å². The van der Waals surface area contributed by atoms with Crippen molar-refractivity contribution in [2.75, 3.05) is 31.7 Å². The lowest BCUT2D eigenvalue weighted by Crippen LogP contribution is -2.34. The van der Waals surface area contributed by atoms with Gasteiger partial charge in [-0.2, -0.15) is 4.98 Å². The van der Waals surface area contributed by atoms with Gasteiger partial charge in [0.1, 0.15) is 18.2 Å². The van der Waals surface area contributed by atoms with Crippen molar-refractivity contribution in [3.8, 4) is 5.75 Å². The number of aromatic nitrogens is 2. The van der Waals surface area contributed by atoms with Gasteiger partial charge in [-0.25, -0.2) is 4.39 Å². The summed E-state index contributed by atoms with van der Waals surface area (Å²) in [4.78, 5) is 17.2. The van der Waals surface area contributed by atoms with Crippen LogP contribution in [0.3, 0.4) is 0 Å². The number of hydrogen-bond acceptors (Lipinski definition) is 7. The van der Waals surface area contributed by atoms with E-state index in [1.54, 1.807) is 13.2 Å². The number of methoxy groups -OCH3 is 1. The Morgan fingerprint density at radius 2 is 2.16 bits per heavy atom. The van der Waals surface area contributed by atoms with E-state index in [1.807, 2.05) is 0 Å². The Labute approximate surface area is 180 Å². The number of hydrogen-bond donors (Lipinski definition) is 1. The molecule has 31 heavy (non-hydrogen) atoms. The quantitative estimate of drug-likeness (QED) is 0.610. The van der Waals surface area contributed by atoms with Crippen LogP contribution in [0.2, 0.25) is 0 Å². The fourth-order valence-corrected chi connectivity index (χ4v) is 4.51. The van der Waals surface area contributed by atoms with Gasteiger partial charge in [0, 0.05) is 26.3 Å². The lowest BCUT2D eigenvalue weighted by molar-refractivity contribution is -0.136. The molecule has 8 nitrogen and oxygen atoms in total. The maximum atomic E-state index is 13.9. The number of rotatable bonds is 10. The minimum absolute atomic E-state index is 0.170. The molecule has 1 saturated carbocycles. The summed E-state index contributed by atoms with van der Waals surface area (Å²) in [7, 11) is 1.61. The van der Waals surface area contributed by atoms with Crippen molar-refractivity contribution >= 4 is 12.0 Å². The van der Waals surface area contributed by atoms with E-state index in [1.165, 1.54) is 18.6 Å². The molecular formula is C22H28FN3O5. The van der Waals surface area contributed by atoms with E-state index in [9.17, 15) is 9.18 Å². The number of piperidine rings is 1. The first-order valence-electron chi connectivity index (χ1n) is 10.7. The summed E-state index contributed by atoms with van der Waals surface area (Å²) in [5, 5.41) is 12.7. The number of carbonyl (C=O) groups is 1. The Morgan fingerprint density at radius 3 is 2.87 bits per heavy atom. The van der Waals surface area contributed by atoms with Gasteiger partial charge >= 0.3 is 12.0 Å². The molecule has 1 saturated heterocycles. The minimum Gasteiger partial charge on any atom is -0.493 e. The van der Waals surface area contributed by atoms with Crippen molar-refractivity contribution in [1.29, 1.82) is 0 Å². The normalized spacial score (nSPS) is 21.3. The summed E-state index contributed by atoms with van der Waals surface area (Å²) in [6.45, 7) is 2.73. The van der Waals surface area contributed by atoms with Gasteiger partial charge in [-0.3, -0.25) is 4.79 Å². The lowest BCUT2D eigenvalue weighted by Gasteiger charge is -2.30. The summed E-state index contributed by atoms with van der Waals surface area (Å²) in [5.74, 6) is 1.52. The fourth-order valence-electron chi connectivity index (χ4n) is 4.51. The summed E-state index contributed by atoms with van der Waals surface area (Å²) >= 11 is 0. The second-order valence-electron chi connectivity index (χ2n) is 8.37. The number of ether oxygens (including phenoxy) is 2. The van der Waals surface area contributed by atoms with Gasteiger partial charge in [-0.15, -0.1) is 0 Å². The van der Waals surface area contributed by atoms with Gasteiger partial charge < -0.3 is 24.0 Å². The molecule has 2 fully saturated rings.